The maximum absolute atomic E-state index is 12.0. The topological polar surface area (TPSA) is 109 Å². The highest BCUT2D eigenvalue weighted by molar-refractivity contribution is 6.35. The van der Waals surface area contributed by atoms with E-state index in [1.165, 1.54) is 10.8 Å². The average Bonchev–Trinajstić information content (AvgIpc) is 2.75. The van der Waals surface area contributed by atoms with Crippen LogP contribution in [0.15, 0.2) is 16.1 Å². The number of hydrogen-bond donors (Lipinski definition) is 3. The Labute approximate surface area is 120 Å². The number of hydrogen-bond acceptors (Lipinski definition) is 4. The van der Waals surface area contributed by atoms with Crippen LogP contribution in [0.25, 0.3) is 11.2 Å². The molecule has 2 aromatic rings. The van der Waals surface area contributed by atoms with Gasteiger partial charge in [0.1, 0.15) is 5.52 Å². The number of nitrogens with two attached hydrogens (primary N) is 1. The van der Waals surface area contributed by atoms with Gasteiger partial charge in [-0.3, -0.25) is 9.55 Å². The summed E-state index contributed by atoms with van der Waals surface area (Å²) >= 11 is 6.06. The lowest BCUT2D eigenvalue weighted by molar-refractivity contribution is 0.318. The van der Waals surface area contributed by atoms with Crippen LogP contribution in [0.3, 0.4) is 0 Å². The molecule has 0 saturated heterocycles. The zero-order chi connectivity index (χ0) is 14.7. The van der Waals surface area contributed by atoms with Crippen LogP contribution in [0.4, 0.5) is 0 Å². The maximum atomic E-state index is 12.0. The molecule has 7 nitrogen and oxygen atoms in total. The van der Waals surface area contributed by atoms with Crippen LogP contribution < -0.4 is 11.4 Å². The van der Waals surface area contributed by atoms with E-state index in [1.54, 1.807) is 0 Å². The van der Waals surface area contributed by atoms with Crippen LogP contribution in [0, 0.1) is 0 Å². The van der Waals surface area contributed by atoms with E-state index in [0.29, 0.717) is 23.3 Å². The van der Waals surface area contributed by atoms with Crippen molar-refractivity contribution >= 4 is 28.6 Å². The molecular formula is C12H16ClN5O2. The molecule has 108 valence electrons. The predicted octanol–water partition coefficient (Wildman–Crippen LogP) is 1.66. The Morgan fingerprint density at radius 2 is 2.35 bits per heavy atom. The standard InChI is InChI=1S/C12H16ClN5O2/c1-2-3-4-5-18-9-8(10(14)17-20)7(13)6-15-11(9)16-12(18)19/h6,20H,2-5H2,1H3,(H2,14,17)(H,15,16,19). The van der Waals surface area contributed by atoms with Crippen LogP contribution in [0.5, 0.6) is 0 Å². The molecule has 0 aliphatic carbocycles. The van der Waals surface area contributed by atoms with Gasteiger partial charge in [0.05, 0.1) is 10.6 Å². The molecule has 0 amide bonds. The number of halogens is 1. The molecule has 8 heteroatoms. The molecule has 4 N–H and O–H groups in total. The number of H-pyrrole nitrogens is 1. The fourth-order valence-corrected chi connectivity index (χ4v) is 2.37. The quantitative estimate of drug-likeness (QED) is 0.256. The van der Waals surface area contributed by atoms with E-state index in [2.05, 4.69) is 22.0 Å². The number of imidazole rings is 1. The molecule has 0 spiro atoms. The van der Waals surface area contributed by atoms with Gasteiger partial charge in [-0.25, -0.2) is 9.78 Å². The lowest BCUT2D eigenvalue weighted by atomic mass is 10.2. The van der Waals surface area contributed by atoms with Gasteiger partial charge in [-0.2, -0.15) is 0 Å². The highest BCUT2D eigenvalue weighted by Gasteiger charge is 2.18. The number of nitrogens with one attached hydrogen (secondary N) is 1. The van der Waals surface area contributed by atoms with Gasteiger partial charge in [0.25, 0.3) is 0 Å². The van der Waals surface area contributed by atoms with E-state index in [4.69, 9.17) is 22.5 Å². The molecule has 2 aromatic heterocycles. The molecule has 0 radical (unpaired) electrons. The van der Waals surface area contributed by atoms with Crippen molar-refractivity contribution < 1.29 is 5.21 Å². The Bertz CT molecular complexity index is 704. The van der Waals surface area contributed by atoms with Gasteiger partial charge in [-0.15, -0.1) is 0 Å². The van der Waals surface area contributed by atoms with Gasteiger partial charge in [-0.1, -0.05) is 36.5 Å². The first-order chi connectivity index (χ1) is 9.60. The van der Waals surface area contributed by atoms with Gasteiger partial charge in [0, 0.05) is 12.7 Å². The smallest absolute Gasteiger partial charge is 0.327 e. The second-order valence-corrected chi connectivity index (χ2v) is 4.86. The summed E-state index contributed by atoms with van der Waals surface area (Å²) in [6, 6.07) is 0. The van der Waals surface area contributed by atoms with Gasteiger partial charge >= 0.3 is 5.69 Å². The molecule has 0 atom stereocenters. The number of oxime groups is 1. The fraction of sp³-hybridized carbons (Fsp3) is 0.417. The molecular weight excluding hydrogens is 282 g/mol. The number of nitrogens with zero attached hydrogens (tertiary/aromatic N) is 3. The van der Waals surface area contributed by atoms with Crippen molar-refractivity contribution in [3.8, 4) is 0 Å². The first kappa shape index (κ1) is 14.4. The molecule has 0 aromatic carbocycles. The number of unbranched alkanes of at least 4 members (excludes halogenated alkanes) is 2. The first-order valence-corrected chi connectivity index (χ1v) is 6.72. The average molecular weight is 298 g/mol. The number of pyridine rings is 1. The summed E-state index contributed by atoms with van der Waals surface area (Å²) in [5.41, 5.74) is 6.53. The first-order valence-electron chi connectivity index (χ1n) is 6.35. The molecule has 0 saturated carbocycles. The molecule has 0 unspecified atom stereocenters. The molecule has 2 rings (SSSR count). The van der Waals surface area contributed by atoms with Crippen molar-refractivity contribution in [2.45, 2.75) is 32.7 Å². The van der Waals surface area contributed by atoms with Gasteiger partial charge in [-0.05, 0) is 6.42 Å². The summed E-state index contributed by atoms with van der Waals surface area (Å²) in [4.78, 5) is 18.7. The Kier molecular flexibility index (Phi) is 4.29. The highest BCUT2D eigenvalue weighted by Crippen LogP contribution is 2.22. The lowest BCUT2D eigenvalue weighted by Crippen LogP contribution is -2.20. The van der Waals surface area contributed by atoms with Crippen LogP contribution in [0.1, 0.15) is 31.7 Å². The Morgan fingerprint density at radius 1 is 1.60 bits per heavy atom. The number of fused-ring (bicyclic) bond motifs is 1. The van der Waals surface area contributed by atoms with Gasteiger partial charge in [0.15, 0.2) is 11.5 Å². The van der Waals surface area contributed by atoms with Gasteiger partial charge < -0.3 is 10.9 Å². The van der Waals surface area contributed by atoms with Crippen LogP contribution in [-0.2, 0) is 6.54 Å². The summed E-state index contributed by atoms with van der Waals surface area (Å²) in [6.07, 6.45) is 4.27. The van der Waals surface area contributed by atoms with Crippen LogP contribution in [0.2, 0.25) is 5.02 Å². The van der Waals surface area contributed by atoms with E-state index >= 15 is 0 Å². The minimum Gasteiger partial charge on any atom is -0.409 e. The predicted molar refractivity (Wildman–Crippen MR) is 77.4 cm³/mol. The normalized spacial score (nSPS) is 12.2. The Hall–Kier alpha value is -2.02. The number of aryl methyl sites for hydroxylation is 1. The van der Waals surface area contributed by atoms with Gasteiger partial charge in [0.2, 0.25) is 0 Å². The van der Waals surface area contributed by atoms with E-state index in [9.17, 15) is 4.79 Å². The molecule has 2 heterocycles. The highest BCUT2D eigenvalue weighted by atomic mass is 35.5. The maximum Gasteiger partial charge on any atom is 0.327 e. The second-order valence-electron chi connectivity index (χ2n) is 4.45. The zero-order valence-electron chi connectivity index (χ0n) is 11.1. The molecule has 0 aliphatic heterocycles. The van der Waals surface area contributed by atoms with Crippen molar-refractivity contribution in [1.82, 2.24) is 14.5 Å². The molecule has 20 heavy (non-hydrogen) atoms. The number of aromatic amines is 1. The number of amidine groups is 1. The van der Waals surface area contributed by atoms with E-state index < -0.39 is 0 Å². The minimum atomic E-state index is -0.280. The molecule has 0 aliphatic rings. The lowest BCUT2D eigenvalue weighted by Gasteiger charge is -2.08. The van der Waals surface area contributed by atoms with E-state index in [-0.39, 0.29) is 16.5 Å². The summed E-state index contributed by atoms with van der Waals surface area (Å²) in [7, 11) is 0. The molecule has 0 fully saturated rings. The zero-order valence-corrected chi connectivity index (χ0v) is 11.8. The monoisotopic (exact) mass is 297 g/mol. The summed E-state index contributed by atoms with van der Waals surface area (Å²) in [5.74, 6) is -0.148. The third kappa shape index (κ3) is 2.49. The fourth-order valence-electron chi connectivity index (χ4n) is 2.13. The minimum absolute atomic E-state index is 0.148. The van der Waals surface area contributed by atoms with E-state index in [0.717, 1.165) is 19.3 Å². The third-order valence-corrected chi connectivity index (χ3v) is 3.38. The SMILES string of the molecule is CCCCCn1c(=O)[nH]c2ncc(Cl)c(C(N)=NO)c21. The molecule has 0 bridgehead atoms. The van der Waals surface area contributed by atoms with Crippen molar-refractivity contribution in [2.24, 2.45) is 10.9 Å². The second kappa shape index (κ2) is 5.96. The summed E-state index contributed by atoms with van der Waals surface area (Å²) in [6.45, 7) is 2.61. The Balaban J connectivity index is 2.65. The van der Waals surface area contributed by atoms with Crippen molar-refractivity contribution in [2.75, 3.05) is 0 Å². The Morgan fingerprint density at radius 3 is 3.00 bits per heavy atom. The van der Waals surface area contributed by atoms with Crippen molar-refractivity contribution in [1.29, 1.82) is 0 Å². The number of aromatic nitrogens is 3. The van der Waals surface area contributed by atoms with Crippen molar-refractivity contribution in [3.05, 3.63) is 27.3 Å². The summed E-state index contributed by atoms with van der Waals surface area (Å²) in [5, 5.41) is 12.1. The number of rotatable bonds is 5. The third-order valence-electron chi connectivity index (χ3n) is 3.10. The largest absolute Gasteiger partial charge is 0.409 e. The van der Waals surface area contributed by atoms with Crippen molar-refractivity contribution in [3.63, 3.8) is 0 Å². The van der Waals surface area contributed by atoms with E-state index in [1.807, 2.05) is 0 Å². The van der Waals surface area contributed by atoms with Crippen LogP contribution in [-0.4, -0.2) is 25.6 Å². The van der Waals surface area contributed by atoms with Crippen LogP contribution >= 0.6 is 11.6 Å². The summed E-state index contributed by atoms with van der Waals surface area (Å²) < 4.78 is 1.53.